The molecule has 180 valence electrons. The molecule has 0 aliphatic carbocycles. The SMILES string of the molecule is CC[C@H](C)N(CC(=O)N1CCc2sccc2[C@H]1COc1cccc(OC)c1)C(=O)c1ccco1. The molecule has 1 aromatic carbocycles. The van der Waals surface area contributed by atoms with Crippen molar-refractivity contribution in [2.45, 2.75) is 38.8 Å². The van der Waals surface area contributed by atoms with Crippen LogP contribution in [0.3, 0.4) is 0 Å². The van der Waals surface area contributed by atoms with Crippen LogP contribution >= 0.6 is 11.3 Å². The maximum atomic E-state index is 13.6. The maximum Gasteiger partial charge on any atom is 0.290 e. The number of ether oxygens (including phenoxy) is 2. The first-order chi connectivity index (χ1) is 16.5. The summed E-state index contributed by atoms with van der Waals surface area (Å²) >= 11 is 1.71. The van der Waals surface area contributed by atoms with Gasteiger partial charge in [0.2, 0.25) is 5.91 Å². The Balaban J connectivity index is 1.53. The number of nitrogens with zero attached hydrogens (tertiary/aromatic N) is 2. The van der Waals surface area contributed by atoms with Crippen LogP contribution in [0.4, 0.5) is 0 Å². The first-order valence-corrected chi connectivity index (χ1v) is 12.4. The molecule has 0 unspecified atom stereocenters. The van der Waals surface area contributed by atoms with Crippen LogP contribution in [0.5, 0.6) is 11.5 Å². The summed E-state index contributed by atoms with van der Waals surface area (Å²) in [5, 5.41) is 2.06. The summed E-state index contributed by atoms with van der Waals surface area (Å²) in [6.45, 7) is 4.84. The molecule has 4 rings (SSSR count). The third kappa shape index (κ3) is 5.12. The normalized spacial score (nSPS) is 16.0. The zero-order valence-electron chi connectivity index (χ0n) is 19.7. The molecular formula is C26H30N2O5S. The average molecular weight is 483 g/mol. The topological polar surface area (TPSA) is 72.2 Å². The highest BCUT2D eigenvalue weighted by molar-refractivity contribution is 7.10. The molecule has 3 heterocycles. The fraction of sp³-hybridized carbons (Fsp3) is 0.385. The van der Waals surface area contributed by atoms with Crippen molar-refractivity contribution >= 4 is 23.2 Å². The van der Waals surface area contributed by atoms with E-state index >= 15 is 0 Å². The first kappa shape index (κ1) is 23.9. The number of methoxy groups -OCH3 is 1. The average Bonchev–Trinajstić information content (AvgIpc) is 3.57. The number of hydrogen-bond donors (Lipinski definition) is 0. The summed E-state index contributed by atoms with van der Waals surface area (Å²) in [6.07, 6.45) is 3.00. The largest absolute Gasteiger partial charge is 0.497 e. The predicted molar refractivity (Wildman–Crippen MR) is 130 cm³/mol. The number of carbonyl (C=O) groups excluding carboxylic acids is 2. The number of carbonyl (C=O) groups is 2. The lowest BCUT2D eigenvalue weighted by Gasteiger charge is -2.38. The summed E-state index contributed by atoms with van der Waals surface area (Å²) in [5.74, 6) is 1.26. The van der Waals surface area contributed by atoms with Gasteiger partial charge in [0.1, 0.15) is 24.7 Å². The zero-order chi connectivity index (χ0) is 24.1. The number of fused-ring (bicyclic) bond motifs is 1. The van der Waals surface area contributed by atoms with Crippen LogP contribution in [0.1, 0.15) is 47.3 Å². The lowest BCUT2D eigenvalue weighted by Crippen LogP contribution is -2.49. The molecular weight excluding hydrogens is 452 g/mol. The molecule has 3 aromatic rings. The third-order valence-corrected chi connectivity index (χ3v) is 7.28. The van der Waals surface area contributed by atoms with Gasteiger partial charge >= 0.3 is 0 Å². The summed E-state index contributed by atoms with van der Waals surface area (Å²) < 4.78 is 16.7. The van der Waals surface area contributed by atoms with Gasteiger partial charge in [-0.15, -0.1) is 11.3 Å². The van der Waals surface area contributed by atoms with Gasteiger partial charge in [-0.05, 0) is 61.0 Å². The molecule has 0 fully saturated rings. The highest BCUT2D eigenvalue weighted by atomic mass is 32.1. The molecule has 2 amide bonds. The van der Waals surface area contributed by atoms with Gasteiger partial charge in [0.15, 0.2) is 5.76 Å². The molecule has 7 nitrogen and oxygen atoms in total. The smallest absolute Gasteiger partial charge is 0.290 e. The number of furan rings is 1. The lowest BCUT2D eigenvalue weighted by atomic mass is 10.00. The second kappa shape index (κ2) is 10.8. The van der Waals surface area contributed by atoms with Crippen LogP contribution in [0.15, 0.2) is 58.5 Å². The van der Waals surface area contributed by atoms with Crippen LogP contribution < -0.4 is 9.47 Å². The summed E-state index contributed by atoms with van der Waals surface area (Å²) in [4.78, 5) is 31.4. The van der Waals surface area contributed by atoms with E-state index in [-0.39, 0.29) is 36.2 Å². The van der Waals surface area contributed by atoms with Crippen LogP contribution in [0.25, 0.3) is 0 Å². The van der Waals surface area contributed by atoms with Crippen molar-refractivity contribution < 1.29 is 23.5 Å². The molecule has 1 aliphatic rings. The highest BCUT2D eigenvalue weighted by Crippen LogP contribution is 2.34. The number of benzene rings is 1. The lowest BCUT2D eigenvalue weighted by molar-refractivity contribution is -0.136. The van der Waals surface area contributed by atoms with E-state index in [1.165, 1.54) is 11.1 Å². The highest BCUT2D eigenvalue weighted by Gasteiger charge is 2.34. The summed E-state index contributed by atoms with van der Waals surface area (Å²) in [6, 6.07) is 12.5. The van der Waals surface area contributed by atoms with Gasteiger partial charge in [-0.25, -0.2) is 0 Å². The van der Waals surface area contributed by atoms with Crippen molar-refractivity contribution in [1.29, 1.82) is 0 Å². The van der Waals surface area contributed by atoms with E-state index in [0.29, 0.717) is 24.7 Å². The van der Waals surface area contributed by atoms with Crippen LogP contribution in [-0.2, 0) is 11.2 Å². The quantitative estimate of drug-likeness (QED) is 0.438. The van der Waals surface area contributed by atoms with Gasteiger partial charge in [0, 0.05) is 23.5 Å². The molecule has 0 N–H and O–H groups in total. The minimum Gasteiger partial charge on any atom is -0.497 e. The van der Waals surface area contributed by atoms with Crippen molar-refractivity contribution in [1.82, 2.24) is 9.80 Å². The fourth-order valence-electron chi connectivity index (χ4n) is 4.17. The molecule has 8 heteroatoms. The van der Waals surface area contributed by atoms with Gasteiger partial charge < -0.3 is 23.7 Å². The molecule has 0 saturated heterocycles. The molecule has 1 aliphatic heterocycles. The molecule has 0 saturated carbocycles. The van der Waals surface area contributed by atoms with Crippen molar-refractivity contribution in [3.63, 3.8) is 0 Å². The van der Waals surface area contributed by atoms with Crippen molar-refractivity contribution in [3.8, 4) is 11.5 Å². The Kier molecular flexibility index (Phi) is 7.57. The second-order valence-corrected chi connectivity index (χ2v) is 9.31. The zero-order valence-corrected chi connectivity index (χ0v) is 20.5. The van der Waals surface area contributed by atoms with E-state index in [9.17, 15) is 9.59 Å². The molecule has 34 heavy (non-hydrogen) atoms. The predicted octanol–water partition coefficient (Wildman–Crippen LogP) is 4.80. The number of thiophene rings is 1. The molecule has 0 radical (unpaired) electrons. The van der Waals surface area contributed by atoms with Crippen LogP contribution in [-0.4, -0.2) is 54.5 Å². The molecule has 2 aromatic heterocycles. The van der Waals surface area contributed by atoms with Gasteiger partial charge in [-0.1, -0.05) is 13.0 Å². The number of amides is 2. The Bertz CT molecular complexity index is 1110. The van der Waals surface area contributed by atoms with Crippen molar-refractivity contribution in [2.75, 3.05) is 26.8 Å². The van der Waals surface area contributed by atoms with E-state index in [1.807, 2.05) is 43.0 Å². The van der Waals surface area contributed by atoms with Gasteiger partial charge in [-0.2, -0.15) is 0 Å². The van der Waals surface area contributed by atoms with E-state index in [2.05, 4.69) is 11.4 Å². The fourth-order valence-corrected chi connectivity index (χ4v) is 5.10. The van der Waals surface area contributed by atoms with Gasteiger partial charge in [-0.3, -0.25) is 9.59 Å². The Morgan fingerprint density at radius 3 is 2.79 bits per heavy atom. The molecule has 0 spiro atoms. The first-order valence-electron chi connectivity index (χ1n) is 11.5. The van der Waals surface area contributed by atoms with E-state index in [4.69, 9.17) is 13.9 Å². The Morgan fingerprint density at radius 2 is 2.06 bits per heavy atom. The number of rotatable bonds is 9. The minimum atomic E-state index is -0.273. The monoisotopic (exact) mass is 482 g/mol. The standard InChI is InChI=1S/C26H30N2O5S/c1-4-18(2)28(26(30)23-9-6-13-32-23)16-25(29)27-12-10-24-21(11-14-34-24)22(27)17-33-20-8-5-7-19(15-20)31-3/h5-9,11,13-15,18,22H,4,10,12,16-17H2,1-3H3/t18-,22+/m0/s1. The number of hydrogen-bond acceptors (Lipinski definition) is 6. The molecule has 0 bridgehead atoms. The Morgan fingerprint density at radius 1 is 1.24 bits per heavy atom. The third-order valence-electron chi connectivity index (χ3n) is 6.29. The van der Waals surface area contributed by atoms with E-state index in [1.54, 1.807) is 35.5 Å². The summed E-state index contributed by atoms with van der Waals surface area (Å²) in [7, 11) is 1.62. The molecule has 2 atom stereocenters. The second-order valence-electron chi connectivity index (χ2n) is 8.31. The Hall–Kier alpha value is -3.26. The van der Waals surface area contributed by atoms with Gasteiger partial charge in [0.25, 0.3) is 5.91 Å². The van der Waals surface area contributed by atoms with Crippen LogP contribution in [0, 0.1) is 0 Å². The Labute approximate surface area is 203 Å². The van der Waals surface area contributed by atoms with Crippen molar-refractivity contribution in [2.24, 2.45) is 0 Å². The van der Waals surface area contributed by atoms with E-state index < -0.39 is 0 Å². The minimum absolute atomic E-state index is 0.0102. The van der Waals surface area contributed by atoms with Crippen molar-refractivity contribution in [3.05, 3.63) is 70.3 Å². The van der Waals surface area contributed by atoms with Gasteiger partial charge in [0.05, 0.1) is 19.4 Å². The summed E-state index contributed by atoms with van der Waals surface area (Å²) in [5.41, 5.74) is 1.11. The maximum absolute atomic E-state index is 13.6. The van der Waals surface area contributed by atoms with E-state index in [0.717, 1.165) is 18.4 Å². The van der Waals surface area contributed by atoms with Crippen LogP contribution in [0.2, 0.25) is 0 Å².